The number of hydrogen-bond acceptors (Lipinski definition) is 6. The van der Waals surface area contributed by atoms with E-state index >= 15 is 4.39 Å². The molecule has 1 aliphatic rings. The van der Waals surface area contributed by atoms with E-state index in [1.54, 1.807) is 9.58 Å². The molecule has 45 heavy (non-hydrogen) atoms. The van der Waals surface area contributed by atoms with Gasteiger partial charge >= 0.3 is 0 Å². The standard InChI is InChI=1S/C34H30F2N6O2S/c1-6-29(43)41-17-23-14-27(39-42(23)15-19(41)4)33-31(30-25(36)12-22(35)13-28(30)44-18(2)3)34-24(9-10-45-34)32(37-33)20-7-8-26-21(11-20)16-40(5)38-26/h6-14,16,18-19H,1,15,17H2,2-5H3. The highest BCUT2D eigenvalue weighted by molar-refractivity contribution is 7.18. The lowest BCUT2D eigenvalue weighted by Crippen LogP contribution is -2.44. The van der Waals surface area contributed by atoms with E-state index < -0.39 is 11.6 Å². The summed E-state index contributed by atoms with van der Waals surface area (Å²) in [6, 6.07) is 11.8. The van der Waals surface area contributed by atoms with Crippen LogP contribution in [0.5, 0.6) is 5.75 Å². The van der Waals surface area contributed by atoms with Crippen molar-refractivity contribution in [3.8, 4) is 39.5 Å². The van der Waals surface area contributed by atoms with Crippen LogP contribution >= 0.6 is 11.3 Å². The molecule has 1 amide bonds. The van der Waals surface area contributed by atoms with Crippen molar-refractivity contribution in [3.63, 3.8) is 0 Å². The topological polar surface area (TPSA) is 78.1 Å². The number of pyridine rings is 1. The summed E-state index contributed by atoms with van der Waals surface area (Å²) >= 11 is 1.45. The summed E-state index contributed by atoms with van der Waals surface area (Å²) in [4.78, 5) is 19.5. The first kappa shape index (κ1) is 28.8. The lowest BCUT2D eigenvalue weighted by Gasteiger charge is -2.33. The second kappa shape index (κ2) is 10.9. The number of nitrogens with zero attached hydrogens (tertiary/aromatic N) is 6. The van der Waals surface area contributed by atoms with E-state index in [-0.39, 0.29) is 29.4 Å². The van der Waals surface area contributed by atoms with Crippen molar-refractivity contribution >= 4 is 38.2 Å². The van der Waals surface area contributed by atoms with E-state index in [1.165, 1.54) is 23.5 Å². The number of aryl methyl sites for hydroxylation is 1. The van der Waals surface area contributed by atoms with Crippen LogP contribution in [0, 0.1) is 11.6 Å². The van der Waals surface area contributed by atoms with E-state index in [2.05, 4.69) is 11.7 Å². The van der Waals surface area contributed by atoms with E-state index in [4.69, 9.17) is 14.8 Å². The van der Waals surface area contributed by atoms with E-state index in [0.717, 1.165) is 38.3 Å². The molecule has 1 aliphatic heterocycles. The summed E-state index contributed by atoms with van der Waals surface area (Å²) in [7, 11) is 1.88. The zero-order chi connectivity index (χ0) is 31.6. The number of ether oxygens (including phenoxy) is 1. The van der Waals surface area contributed by atoms with Gasteiger partial charge in [-0.25, -0.2) is 13.8 Å². The predicted molar refractivity (Wildman–Crippen MR) is 172 cm³/mol. The van der Waals surface area contributed by atoms with Gasteiger partial charge in [0.05, 0.1) is 41.7 Å². The van der Waals surface area contributed by atoms with Gasteiger partial charge in [-0.05, 0) is 56.5 Å². The monoisotopic (exact) mass is 624 g/mol. The van der Waals surface area contributed by atoms with Gasteiger partial charge in [-0.15, -0.1) is 11.3 Å². The Bertz CT molecular complexity index is 2150. The normalized spacial score (nSPS) is 14.8. The highest BCUT2D eigenvalue weighted by atomic mass is 32.1. The molecule has 6 aromatic rings. The van der Waals surface area contributed by atoms with Crippen LogP contribution in [0.3, 0.4) is 0 Å². The third-order valence-corrected chi connectivity index (χ3v) is 8.93. The number of thiophene rings is 1. The number of carbonyl (C=O) groups is 1. The third-order valence-electron chi connectivity index (χ3n) is 8.00. The van der Waals surface area contributed by atoms with Crippen molar-refractivity contribution < 1.29 is 18.3 Å². The van der Waals surface area contributed by atoms with Crippen molar-refractivity contribution in [1.82, 2.24) is 29.4 Å². The van der Waals surface area contributed by atoms with Crippen LogP contribution in [0.4, 0.5) is 8.78 Å². The number of benzene rings is 2. The smallest absolute Gasteiger partial charge is 0.246 e. The van der Waals surface area contributed by atoms with Crippen LogP contribution in [0.1, 0.15) is 26.5 Å². The maximum absolute atomic E-state index is 16.0. The number of halogens is 2. The third kappa shape index (κ3) is 4.97. The molecular weight excluding hydrogens is 594 g/mol. The number of aromatic nitrogens is 5. The summed E-state index contributed by atoms with van der Waals surface area (Å²) < 4.78 is 41.0. The molecule has 0 aliphatic carbocycles. The van der Waals surface area contributed by atoms with Crippen molar-refractivity contribution in [1.29, 1.82) is 0 Å². The molecule has 1 unspecified atom stereocenters. The maximum atomic E-state index is 16.0. The van der Waals surface area contributed by atoms with Crippen molar-refractivity contribution in [2.75, 3.05) is 0 Å². The molecule has 228 valence electrons. The molecule has 0 spiro atoms. The van der Waals surface area contributed by atoms with Crippen molar-refractivity contribution in [2.24, 2.45) is 7.05 Å². The Kier molecular flexibility index (Phi) is 7.00. The van der Waals surface area contributed by atoms with Gasteiger partial charge in [0.1, 0.15) is 28.8 Å². The predicted octanol–water partition coefficient (Wildman–Crippen LogP) is 7.36. The van der Waals surface area contributed by atoms with Gasteiger partial charge in [0, 0.05) is 58.0 Å². The highest BCUT2D eigenvalue weighted by Gasteiger charge is 2.30. The Morgan fingerprint density at radius 2 is 1.93 bits per heavy atom. The first-order valence-electron chi connectivity index (χ1n) is 14.6. The molecule has 2 aromatic carbocycles. The minimum atomic E-state index is -0.756. The number of rotatable bonds is 6. The Hall–Kier alpha value is -4.90. The largest absolute Gasteiger partial charge is 0.490 e. The minimum absolute atomic E-state index is 0.0881. The first-order chi connectivity index (χ1) is 21.6. The van der Waals surface area contributed by atoms with Gasteiger partial charge in [-0.1, -0.05) is 12.6 Å². The molecule has 0 radical (unpaired) electrons. The molecule has 0 saturated heterocycles. The van der Waals surface area contributed by atoms with Gasteiger partial charge < -0.3 is 9.64 Å². The maximum Gasteiger partial charge on any atom is 0.246 e. The number of fused-ring (bicyclic) bond motifs is 3. The highest BCUT2D eigenvalue weighted by Crippen LogP contribution is 2.47. The average molecular weight is 625 g/mol. The van der Waals surface area contributed by atoms with E-state index in [1.807, 2.05) is 74.4 Å². The van der Waals surface area contributed by atoms with Crippen LogP contribution < -0.4 is 4.74 Å². The van der Waals surface area contributed by atoms with E-state index in [0.29, 0.717) is 35.7 Å². The molecule has 1 atom stereocenters. The Morgan fingerprint density at radius 1 is 1.11 bits per heavy atom. The fourth-order valence-electron chi connectivity index (χ4n) is 6.05. The van der Waals surface area contributed by atoms with Gasteiger partial charge in [0.15, 0.2) is 0 Å². The van der Waals surface area contributed by atoms with Crippen LogP contribution in [0.2, 0.25) is 0 Å². The quantitative estimate of drug-likeness (QED) is 0.181. The van der Waals surface area contributed by atoms with Crippen LogP contribution in [0.25, 0.3) is 54.8 Å². The number of carbonyl (C=O) groups excluding carboxylic acids is 1. The van der Waals surface area contributed by atoms with Crippen LogP contribution in [0.15, 0.2) is 66.7 Å². The average Bonchev–Trinajstić information content (AvgIpc) is 3.72. The molecule has 0 fully saturated rings. The van der Waals surface area contributed by atoms with Crippen LogP contribution in [-0.4, -0.2) is 47.5 Å². The lowest BCUT2D eigenvalue weighted by molar-refractivity contribution is -0.129. The number of hydrogen-bond donors (Lipinski definition) is 0. The molecule has 7 rings (SSSR count). The Morgan fingerprint density at radius 3 is 2.71 bits per heavy atom. The molecule has 0 bridgehead atoms. The first-order valence-corrected chi connectivity index (χ1v) is 15.5. The summed E-state index contributed by atoms with van der Waals surface area (Å²) in [5.41, 5.74) is 4.78. The molecule has 11 heteroatoms. The lowest BCUT2D eigenvalue weighted by atomic mass is 9.96. The fraction of sp³-hybridized carbons (Fsp3) is 0.235. The van der Waals surface area contributed by atoms with Gasteiger partial charge in [0.25, 0.3) is 0 Å². The van der Waals surface area contributed by atoms with Gasteiger partial charge in [-0.3, -0.25) is 14.2 Å². The molecule has 0 saturated carbocycles. The van der Waals surface area contributed by atoms with Gasteiger partial charge in [0.2, 0.25) is 5.91 Å². The van der Waals surface area contributed by atoms with Crippen molar-refractivity contribution in [2.45, 2.75) is 46.0 Å². The van der Waals surface area contributed by atoms with Crippen LogP contribution in [-0.2, 0) is 24.9 Å². The molecular formula is C34H30F2N6O2S. The second-order valence-electron chi connectivity index (χ2n) is 11.6. The van der Waals surface area contributed by atoms with Crippen molar-refractivity contribution in [3.05, 3.63) is 84.0 Å². The molecule has 4 aromatic heterocycles. The molecule has 8 nitrogen and oxygen atoms in total. The zero-order valence-corrected chi connectivity index (χ0v) is 26.0. The summed E-state index contributed by atoms with van der Waals surface area (Å²) in [6.45, 7) is 10.0. The second-order valence-corrected chi connectivity index (χ2v) is 12.5. The Balaban J connectivity index is 1.52. The SMILES string of the molecule is C=CC(=O)N1Cc2cc(-c3nc(-c4ccc5nn(C)cc5c4)c4ccsc4c3-c3c(F)cc(F)cc3OC(C)C)nn2CC1C. The summed E-state index contributed by atoms with van der Waals surface area (Å²) in [6.07, 6.45) is 2.93. The van der Waals surface area contributed by atoms with Gasteiger partial charge in [-0.2, -0.15) is 10.2 Å². The number of amides is 1. The summed E-state index contributed by atoms with van der Waals surface area (Å²) in [5, 5.41) is 13.2. The molecule has 5 heterocycles. The fourth-order valence-corrected chi connectivity index (χ4v) is 6.99. The minimum Gasteiger partial charge on any atom is -0.490 e. The molecule has 0 N–H and O–H groups in total. The Labute approximate surface area is 262 Å². The summed E-state index contributed by atoms with van der Waals surface area (Å²) in [5.74, 6) is -1.56. The zero-order valence-electron chi connectivity index (χ0n) is 25.2. The van der Waals surface area contributed by atoms with E-state index in [9.17, 15) is 9.18 Å².